The first-order chi connectivity index (χ1) is 11.6. The third-order valence-corrected chi connectivity index (χ3v) is 3.82. The van der Waals surface area contributed by atoms with Crippen molar-refractivity contribution in [1.29, 1.82) is 0 Å². The lowest BCUT2D eigenvalue weighted by Gasteiger charge is -2.04. The maximum Gasteiger partial charge on any atom is 0.443 e. The molecule has 0 aliphatic carbocycles. The third-order valence-electron chi connectivity index (χ3n) is 2.93. The number of hydrogen-bond donors (Lipinski definition) is 1. The first-order valence-electron chi connectivity index (χ1n) is 6.35. The maximum atomic E-state index is 13.3. The standard InChI is InChI=1S/C12H6F6N6S/c13-11(14,15)7-6(5-4-25-9(22-5)12(16,17)18)8(19)24(23-7)10-20-2-1-3-21-10/h1-4H,19H2. The number of anilines is 1. The van der Waals surface area contributed by atoms with Gasteiger partial charge in [-0.15, -0.1) is 11.3 Å². The zero-order valence-corrected chi connectivity index (χ0v) is 12.6. The molecule has 2 N–H and O–H groups in total. The number of hydrogen-bond acceptors (Lipinski definition) is 6. The normalized spacial score (nSPS) is 12.6. The Bertz CT molecular complexity index is 897. The molecule has 25 heavy (non-hydrogen) atoms. The second kappa shape index (κ2) is 5.68. The number of halogens is 6. The zero-order valence-electron chi connectivity index (χ0n) is 11.8. The highest BCUT2D eigenvalue weighted by atomic mass is 32.1. The second-order valence-corrected chi connectivity index (χ2v) is 5.46. The Kier molecular flexibility index (Phi) is 3.89. The highest BCUT2D eigenvalue weighted by Gasteiger charge is 2.42. The van der Waals surface area contributed by atoms with Crippen LogP contribution in [0.5, 0.6) is 0 Å². The summed E-state index contributed by atoms with van der Waals surface area (Å²) in [5, 5.41) is 2.87. The fourth-order valence-corrected chi connectivity index (χ4v) is 2.63. The van der Waals surface area contributed by atoms with Gasteiger partial charge in [0.2, 0.25) is 0 Å². The minimum atomic E-state index is -4.97. The molecule has 0 unspecified atom stereocenters. The fourth-order valence-electron chi connectivity index (χ4n) is 1.95. The topological polar surface area (TPSA) is 82.5 Å². The molecule has 0 aromatic carbocycles. The Balaban J connectivity index is 2.22. The lowest BCUT2D eigenvalue weighted by Crippen LogP contribution is -2.10. The van der Waals surface area contributed by atoms with Gasteiger partial charge >= 0.3 is 12.4 Å². The molecule has 3 rings (SSSR count). The van der Waals surface area contributed by atoms with Crippen molar-refractivity contribution in [3.05, 3.63) is 34.5 Å². The zero-order chi connectivity index (χ0) is 18.4. The van der Waals surface area contributed by atoms with E-state index in [9.17, 15) is 26.3 Å². The van der Waals surface area contributed by atoms with E-state index in [-0.39, 0.29) is 17.3 Å². The number of thiazole rings is 1. The van der Waals surface area contributed by atoms with Gasteiger partial charge in [0.1, 0.15) is 5.82 Å². The van der Waals surface area contributed by atoms with Gasteiger partial charge in [-0.1, -0.05) is 0 Å². The Morgan fingerprint density at radius 2 is 1.64 bits per heavy atom. The van der Waals surface area contributed by atoms with Crippen molar-refractivity contribution in [2.45, 2.75) is 12.4 Å². The van der Waals surface area contributed by atoms with Crippen molar-refractivity contribution in [3.63, 3.8) is 0 Å². The van der Waals surface area contributed by atoms with Crippen LogP contribution in [-0.2, 0) is 12.4 Å². The summed E-state index contributed by atoms with van der Waals surface area (Å²) in [6.07, 6.45) is -7.25. The fraction of sp³-hybridized carbons (Fsp3) is 0.167. The van der Waals surface area contributed by atoms with Gasteiger partial charge in [0.05, 0.1) is 11.3 Å². The van der Waals surface area contributed by atoms with Gasteiger partial charge in [-0.2, -0.15) is 36.1 Å². The van der Waals surface area contributed by atoms with Crippen LogP contribution >= 0.6 is 11.3 Å². The minimum Gasteiger partial charge on any atom is -0.383 e. The van der Waals surface area contributed by atoms with Gasteiger partial charge in [-0.25, -0.2) is 15.0 Å². The van der Waals surface area contributed by atoms with E-state index < -0.39 is 40.1 Å². The lowest BCUT2D eigenvalue weighted by atomic mass is 10.2. The van der Waals surface area contributed by atoms with Gasteiger partial charge < -0.3 is 5.73 Å². The number of nitrogens with two attached hydrogens (primary N) is 1. The number of rotatable bonds is 2. The van der Waals surface area contributed by atoms with E-state index in [1.165, 1.54) is 18.5 Å². The summed E-state index contributed by atoms with van der Waals surface area (Å²) in [5.74, 6) is -0.833. The van der Waals surface area contributed by atoms with E-state index in [0.29, 0.717) is 4.68 Å². The van der Waals surface area contributed by atoms with Crippen LogP contribution in [0, 0.1) is 0 Å². The Labute approximate surface area is 139 Å². The smallest absolute Gasteiger partial charge is 0.383 e. The van der Waals surface area contributed by atoms with Crippen molar-refractivity contribution < 1.29 is 26.3 Å². The first kappa shape index (κ1) is 17.1. The Morgan fingerprint density at radius 1 is 1.00 bits per heavy atom. The average Bonchev–Trinajstić information content (AvgIpc) is 3.11. The van der Waals surface area contributed by atoms with Crippen LogP contribution in [-0.4, -0.2) is 24.7 Å². The quantitative estimate of drug-likeness (QED) is 0.689. The predicted molar refractivity (Wildman–Crippen MR) is 74.7 cm³/mol. The molecule has 0 amide bonds. The van der Waals surface area contributed by atoms with Gasteiger partial charge in [0, 0.05) is 17.8 Å². The molecule has 3 aromatic rings. The highest BCUT2D eigenvalue weighted by molar-refractivity contribution is 7.10. The molecule has 0 aliphatic rings. The van der Waals surface area contributed by atoms with Crippen LogP contribution in [0.4, 0.5) is 32.2 Å². The molecule has 0 saturated heterocycles. The summed E-state index contributed by atoms with van der Waals surface area (Å²) < 4.78 is 78.4. The largest absolute Gasteiger partial charge is 0.443 e. The third kappa shape index (κ3) is 3.14. The van der Waals surface area contributed by atoms with Crippen molar-refractivity contribution in [3.8, 4) is 17.2 Å². The molecule has 0 saturated carbocycles. The number of nitrogen functional groups attached to an aromatic ring is 1. The van der Waals surface area contributed by atoms with Crippen LogP contribution in [0.15, 0.2) is 23.8 Å². The SMILES string of the molecule is Nc1c(-c2csc(C(F)(F)F)n2)c(C(F)(F)F)nn1-c1ncccn1. The molecule has 0 spiro atoms. The van der Waals surface area contributed by atoms with Gasteiger partial charge in [0.15, 0.2) is 10.7 Å². The summed E-state index contributed by atoms with van der Waals surface area (Å²) in [6, 6.07) is 1.42. The maximum absolute atomic E-state index is 13.3. The van der Waals surface area contributed by atoms with E-state index in [2.05, 4.69) is 20.1 Å². The summed E-state index contributed by atoms with van der Waals surface area (Å²) in [5.41, 5.74) is 2.87. The van der Waals surface area contributed by atoms with Crippen molar-refractivity contribution in [2.75, 3.05) is 5.73 Å². The van der Waals surface area contributed by atoms with E-state index in [0.717, 1.165) is 5.38 Å². The number of alkyl halides is 6. The lowest BCUT2D eigenvalue weighted by molar-refractivity contribution is -0.140. The van der Waals surface area contributed by atoms with Crippen LogP contribution in [0.2, 0.25) is 0 Å². The van der Waals surface area contributed by atoms with Crippen molar-refractivity contribution in [2.24, 2.45) is 0 Å². The van der Waals surface area contributed by atoms with Crippen LogP contribution in [0.1, 0.15) is 10.7 Å². The average molecular weight is 380 g/mol. The van der Waals surface area contributed by atoms with Gasteiger partial charge in [0.25, 0.3) is 5.95 Å². The molecule has 0 bridgehead atoms. The molecule has 0 radical (unpaired) electrons. The van der Waals surface area contributed by atoms with Gasteiger partial charge in [-0.3, -0.25) is 0 Å². The van der Waals surface area contributed by atoms with Gasteiger partial charge in [-0.05, 0) is 6.07 Å². The molecule has 13 heteroatoms. The molecule has 3 aromatic heterocycles. The number of aromatic nitrogens is 5. The molecule has 3 heterocycles. The summed E-state index contributed by atoms with van der Waals surface area (Å²) >= 11 is 0.157. The minimum absolute atomic E-state index is 0.157. The van der Waals surface area contributed by atoms with E-state index in [1.807, 2.05) is 0 Å². The second-order valence-electron chi connectivity index (χ2n) is 4.60. The molecular weight excluding hydrogens is 374 g/mol. The number of nitrogens with zero attached hydrogens (tertiary/aromatic N) is 5. The van der Waals surface area contributed by atoms with Crippen LogP contribution in [0.25, 0.3) is 17.2 Å². The highest BCUT2D eigenvalue weighted by Crippen LogP contribution is 2.42. The monoisotopic (exact) mass is 380 g/mol. The molecule has 0 atom stereocenters. The first-order valence-corrected chi connectivity index (χ1v) is 7.23. The Morgan fingerprint density at radius 3 is 2.16 bits per heavy atom. The van der Waals surface area contributed by atoms with E-state index in [4.69, 9.17) is 5.73 Å². The van der Waals surface area contributed by atoms with Crippen molar-refractivity contribution in [1.82, 2.24) is 24.7 Å². The van der Waals surface area contributed by atoms with Crippen LogP contribution < -0.4 is 5.73 Å². The van der Waals surface area contributed by atoms with Crippen molar-refractivity contribution >= 4 is 17.2 Å². The summed E-state index contributed by atoms with van der Waals surface area (Å²) in [6.45, 7) is 0. The molecule has 6 nitrogen and oxygen atoms in total. The molecule has 0 aliphatic heterocycles. The summed E-state index contributed by atoms with van der Waals surface area (Å²) in [4.78, 5) is 10.7. The van der Waals surface area contributed by atoms with Crippen LogP contribution in [0.3, 0.4) is 0 Å². The molecule has 0 fully saturated rings. The predicted octanol–water partition coefficient (Wildman–Crippen LogP) is 3.41. The van der Waals surface area contributed by atoms with E-state index >= 15 is 0 Å². The molecular formula is C12H6F6N6S. The Hall–Kier alpha value is -2.70. The summed E-state index contributed by atoms with van der Waals surface area (Å²) in [7, 11) is 0. The molecule has 132 valence electrons. The van der Waals surface area contributed by atoms with E-state index in [1.54, 1.807) is 0 Å².